The fourth-order valence-electron chi connectivity index (χ4n) is 3.64. The van der Waals surface area contributed by atoms with E-state index in [1.807, 2.05) is 12.1 Å². The molecule has 2 heterocycles. The molecular formula is C20H28N4O. The maximum absolute atomic E-state index is 12.2. The van der Waals surface area contributed by atoms with Crippen LogP contribution in [0.1, 0.15) is 57.7 Å². The minimum absolute atomic E-state index is 0.0830. The summed E-state index contributed by atoms with van der Waals surface area (Å²) in [5.41, 5.74) is 1.53. The van der Waals surface area contributed by atoms with Gasteiger partial charge in [-0.15, -0.1) is 0 Å². The molecule has 0 aliphatic heterocycles. The normalized spacial score (nSPS) is 16.9. The molecule has 0 bridgehead atoms. The number of hydrogen-bond acceptors (Lipinski definition) is 4. The van der Waals surface area contributed by atoms with Crippen LogP contribution >= 0.6 is 0 Å². The quantitative estimate of drug-likeness (QED) is 0.841. The van der Waals surface area contributed by atoms with Crippen molar-refractivity contribution in [2.24, 2.45) is 11.8 Å². The predicted octanol–water partition coefficient (Wildman–Crippen LogP) is 3.70. The molecular weight excluding hydrogens is 312 g/mol. The Balaban J connectivity index is 1.81. The number of nitrogens with one attached hydrogen (secondary N) is 2. The summed E-state index contributed by atoms with van der Waals surface area (Å²) in [5.74, 6) is 1.69. The smallest absolute Gasteiger partial charge is 0.251 e. The van der Waals surface area contributed by atoms with Crippen LogP contribution in [-0.4, -0.2) is 21.5 Å². The number of nitrogens with zero attached hydrogens (tertiary/aromatic N) is 2. The van der Waals surface area contributed by atoms with Gasteiger partial charge in [0.2, 0.25) is 0 Å². The Morgan fingerprint density at radius 1 is 1.28 bits per heavy atom. The fraction of sp³-hybridized carbons (Fsp3) is 0.550. The second-order valence-corrected chi connectivity index (χ2v) is 7.39. The second-order valence-electron chi connectivity index (χ2n) is 7.39. The molecule has 2 aromatic heterocycles. The first-order chi connectivity index (χ1) is 12.1. The summed E-state index contributed by atoms with van der Waals surface area (Å²) in [6.45, 7) is 5.34. The van der Waals surface area contributed by atoms with E-state index in [-0.39, 0.29) is 11.6 Å². The molecule has 3 rings (SSSR count). The van der Waals surface area contributed by atoms with E-state index in [1.165, 1.54) is 32.1 Å². The Morgan fingerprint density at radius 3 is 2.76 bits per heavy atom. The number of aromatic amines is 1. The van der Waals surface area contributed by atoms with E-state index in [1.54, 1.807) is 18.5 Å². The molecule has 1 atom stereocenters. The molecule has 5 heteroatoms. The van der Waals surface area contributed by atoms with Crippen LogP contribution in [0.5, 0.6) is 0 Å². The van der Waals surface area contributed by atoms with Gasteiger partial charge in [0.25, 0.3) is 5.56 Å². The van der Waals surface area contributed by atoms with Crippen LogP contribution < -0.4 is 10.9 Å². The van der Waals surface area contributed by atoms with Crippen LogP contribution in [0.2, 0.25) is 0 Å². The lowest BCUT2D eigenvalue weighted by Gasteiger charge is -2.27. The van der Waals surface area contributed by atoms with Crippen molar-refractivity contribution in [2.45, 2.75) is 52.0 Å². The van der Waals surface area contributed by atoms with Crippen molar-refractivity contribution in [1.82, 2.24) is 20.3 Å². The van der Waals surface area contributed by atoms with Gasteiger partial charge in [0.05, 0.1) is 11.7 Å². The van der Waals surface area contributed by atoms with Crippen LogP contribution in [0.25, 0.3) is 11.4 Å². The van der Waals surface area contributed by atoms with E-state index in [9.17, 15) is 4.79 Å². The molecule has 0 spiro atoms. The lowest BCUT2D eigenvalue weighted by Crippen LogP contribution is -2.33. The molecule has 0 aromatic carbocycles. The topological polar surface area (TPSA) is 70.7 Å². The van der Waals surface area contributed by atoms with Gasteiger partial charge >= 0.3 is 0 Å². The standard InChI is InChI=1S/C20H28N4O/c1-14(2)19(22-12-15-7-4-3-5-8-15)17-11-18(25)24-20(23-17)16-9-6-10-21-13-16/h6,9-11,13-15,19,22H,3-5,7-8,12H2,1-2H3,(H,23,24,25). The zero-order valence-electron chi connectivity index (χ0n) is 15.2. The minimum Gasteiger partial charge on any atom is -0.308 e. The first-order valence-corrected chi connectivity index (χ1v) is 9.38. The Kier molecular flexibility index (Phi) is 5.97. The zero-order chi connectivity index (χ0) is 17.6. The molecule has 0 amide bonds. The first-order valence-electron chi connectivity index (χ1n) is 9.38. The van der Waals surface area contributed by atoms with Crippen molar-refractivity contribution >= 4 is 0 Å². The summed E-state index contributed by atoms with van der Waals surface area (Å²) < 4.78 is 0. The minimum atomic E-state index is -0.117. The maximum Gasteiger partial charge on any atom is 0.251 e. The summed E-state index contributed by atoms with van der Waals surface area (Å²) in [6.07, 6.45) is 10.1. The van der Waals surface area contributed by atoms with E-state index < -0.39 is 0 Å². The highest BCUT2D eigenvalue weighted by molar-refractivity contribution is 5.52. The van der Waals surface area contributed by atoms with Crippen LogP contribution in [0.3, 0.4) is 0 Å². The zero-order valence-corrected chi connectivity index (χ0v) is 15.2. The van der Waals surface area contributed by atoms with Crippen molar-refractivity contribution in [3.8, 4) is 11.4 Å². The van der Waals surface area contributed by atoms with Gasteiger partial charge in [-0.25, -0.2) is 4.98 Å². The Labute approximate surface area is 149 Å². The Hall–Kier alpha value is -2.01. The van der Waals surface area contributed by atoms with E-state index in [2.05, 4.69) is 29.1 Å². The molecule has 134 valence electrons. The highest BCUT2D eigenvalue weighted by Crippen LogP contribution is 2.26. The van der Waals surface area contributed by atoms with Gasteiger partial charge in [-0.05, 0) is 43.4 Å². The van der Waals surface area contributed by atoms with Crippen molar-refractivity contribution < 1.29 is 0 Å². The number of pyridine rings is 1. The maximum atomic E-state index is 12.2. The summed E-state index contributed by atoms with van der Waals surface area (Å²) >= 11 is 0. The third kappa shape index (κ3) is 4.75. The predicted molar refractivity (Wildman–Crippen MR) is 100 cm³/mol. The molecule has 1 unspecified atom stereocenters. The van der Waals surface area contributed by atoms with Crippen LogP contribution in [0.15, 0.2) is 35.4 Å². The number of rotatable bonds is 6. The average molecular weight is 340 g/mol. The van der Waals surface area contributed by atoms with Crippen molar-refractivity contribution in [2.75, 3.05) is 6.54 Å². The third-order valence-corrected chi connectivity index (χ3v) is 5.03. The summed E-state index contributed by atoms with van der Waals surface area (Å²) in [7, 11) is 0. The fourth-order valence-corrected chi connectivity index (χ4v) is 3.64. The Bertz CT molecular complexity index is 720. The van der Waals surface area contributed by atoms with Crippen LogP contribution in [-0.2, 0) is 0 Å². The molecule has 1 aliphatic rings. The van der Waals surface area contributed by atoms with E-state index in [0.717, 1.165) is 23.7 Å². The average Bonchev–Trinajstić information content (AvgIpc) is 2.63. The molecule has 2 aromatic rings. The molecule has 0 radical (unpaired) electrons. The van der Waals surface area contributed by atoms with Crippen LogP contribution in [0.4, 0.5) is 0 Å². The molecule has 1 fully saturated rings. The van der Waals surface area contributed by atoms with Crippen LogP contribution in [0, 0.1) is 11.8 Å². The third-order valence-electron chi connectivity index (χ3n) is 5.03. The summed E-state index contributed by atoms with van der Waals surface area (Å²) in [6, 6.07) is 5.47. The number of H-pyrrole nitrogens is 1. The van der Waals surface area contributed by atoms with Gasteiger partial charge in [0.15, 0.2) is 0 Å². The lowest BCUT2D eigenvalue weighted by molar-refractivity contribution is 0.305. The largest absolute Gasteiger partial charge is 0.308 e. The van der Waals surface area contributed by atoms with Gasteiger partial charge in [-0.3, -0.25) is 9.78 Å². The van der Waals surface area contributed by atoms with Gasteiger partial charge < -0.3 is 10.3 Å². The Morgan fingerprint density at radius 2 is 2.08 bits per heavy atom. The second kappa shape index (κ2) is 8.39. The highest BCUT2D eigenvalue weighted by atomic mass is 16.1. The van der Waals surface area contributed by atoms with Gasteiger partial charge in [-0.1, -0.05) is 33.1 Å². The number of aromatic nitrogens is 3. The summed E-state index contributed by atoms with van der Waals surface area (Å²) in [5, 5.41) is 3.68. The monoisotopic (exact) mass is 340 g/mol. The lowest BCUT2D eigenvalue weighted by atomic mass is 9.88. The summed E-state index contributed by atoms with van der Waals surface area (Å²) in [4.78, 5) is 23.9. The SMILES string of the molecule is CC(C)C(NCC1CCCCC1)c1cc(=O)[nH]c(-c2cccnc2)n1. The van der Waals surface area contributed by atoms with E-state index in [4.69, 9.17) is 4.98 Å². The van der Waals surface area contributed by atoms with Gasteiger partial charge in [0, 0.05) is 24.0 Å². The van der Waals surface area contributed by atoms with Crippen molar-refractivity contribution in [1.29, 1.82) is 0 Å². The van der Waals surface area contributed by atoms with Crippen molar-refractivity contribution in [3.63, 3.8) is 0 Å². The highest BCUT2D eigenvalue weighted by Gasteiger charge is 2.21. The molecule has 5 nitrogen and oxygen atoms in total. The number of hydrogen-bond donors (Lipinski definition) is 2. The van der Waals surface area contributed by atoms with E-state index >= 15 is 0 Å². The van der Waals surface area contributed by atoms with Gasteiger partial charge in [0.1, 0.15) is 5.82 Å². The van der Waals surface area contributed by atoms with E-state index in [0.29, 0.717) is 11.7 Å². The molecule has 0 saturated heterocycles. The molecule has 1 aliphatic carbocycles. The molecule has 2 N–H and O–H groups in total. The molecule has 1 saturated carbocycles. The first kappa shape index (κ1) is 17.8. The van der Waals surface area contributed by atoms with Crippen molar-refractivity contribution in [3.05, 3.63) is 46.6 Å². The van der Waals surface area contributed by atoms with Gasteiger partial charge in [-0.2, -0.15) is 0 Å². The molecule has 25 heavy (non-hydrogen) atoms.